The van der Waals surface area contributed by atoms with E-state index >= 15 is 0 Å². The first-order valence-electron chi connectivity index (χ1n) is 6.02. The monoisotopic (exact) mass is 285 g/mol. The van der Waals surface area contributed by atoms with Gasteiger partial charge in [0, 0.05) is 18.2 Å². The summed E-state index contributed by atoms with van der Waals surface area (Å²) in [6, 6.07) is 4.51. The van der Waals surface area contributed by atoms with Crippen molar-refractivity contribution in [3.8, 4) is 0 Å². The molecule has 0 spiro atoms. The van der Waals surface area contributed by atoms with Crippen molar-refractivity contribution in [1.82, 2.24) is 0 Å². The van der Waals surface area contributed by atoms with Crippen molar-refractivity contribution in [1.29, 1.82) is 0 Å². The fourth-order valence-corrected chi connectivity index (χ4v) is 2.84. The third kappa shape index (κ3) is 1.85. The number of carbonyl (C=O) groups excluding carboxylic acids is 1. The van der Waals surface area contributed by atoms with E-state index in [0.29, 0.717) is 0 Å². The fraction of sp³-hybridized carbons (Fsp3) is 0.385. The van der Waals surface area contributed by atoms with Gasteiger partial charge < -0.3 is 10.0 Å². The van der Waals surface area contributed by atoms with Crippen molar-refractivity contribution in [3.05, 3.63) is 29.8 Å². The highest BCUT2D eigenvalue weighted by Gasteiger charge is 2.65. The minimum atomic E-state index is -4.47. The van der Waals surface area contributed by atoms with E-state index in [9.17, 15) is 22.8 Å². The topological polar surface area (TPSA) is 57.6 Å². The predicted molar refractivity (Wildman–Crippen MR) is 61.9 cm³/mol. The largest absolute Gasteiger partial charge is 0.481 e. The summed E-state index contributed by atoms with van der Waals surface area (Å²) in [4.78, 5) is 24.1. The molecule has 3 unspecified atom stereocenters. The Hall–Kier alpha value is -2.05. The number of carboxylic acids is 1. The summed E-state index contributed by atoms with van der Waals surface area (Å²) in [6.07, 6.45) is -4.47. The van der Waals surface area contributed by atoms with Gasteiger partial charge in [-0.05, 0) is 18.2 Å². The first-order valence-corrected chi connectivity index (χ1v) is 6.02. The molecule has 1 aliphatic carbocycles. The van der Waals surface area contributed by atoms with E-state index in [1.807, 2.05) is 0 Å². The summed E-state index contributed by atoms with van der Waals surface area (Å²) in [6.45, 7) is 0.168. The summed E-state index contributed by atoms with van der Waals surface area (Å²) in [7, 11) is 0. The Morgan fingerprint density at radius 3 is 2.55 bits per heavy atom. The van der Waals surface area contributed by atoms with Crippen LogP contribution in [0.15, 0.2) is 24.3 Å². The maximum Gasteiger partial charge on any atom is 0.416 e. The molecule has 0 radical (unpaired) electrons. The molecule has 1 aromatic rings. The molecule has 1 aromatic carbocycles. The van der Waals surface area contributed by atoms with Gasteiger partial charge in [-0.3, -0.25) is 9.59 Å². The van der Waals surface area contributed by atoms with Crippen molar-refractivity contribution < 1.29 is 27.9 Å². The van der Waals surface area contributed by atoms with Crippen molar-refractivity contribution in [2.45, 2.75) is 6.18 Å². The van der Waals surface area contributed by atoms with Gasteiger partial charge in [0.1, 0.15) is 0 Å². The fourth-order valence-electron chi connectivity index (χ4n) is 2.84. The van der Waals surface area contributed by atoms with Crippen LogP contribution in [0.4, 0.5) is 18.9 Å². The molecule has 1 amide bonds. The number of hydrogen-bond donors (Lipinski definition) is 1. The number of nitrogens with zero attached hydrogens (tertiary/aromatic N) is 1. The Morgan fingerprint density at radius 1 is 1.35 bits per heavy atom. The zero-order chi connectivity index (χ0) is 14.7. The van der Waals surface area contributed by atoms with Crippen LogP contribution in [0.2, 0.25) is 0 Å². The SMILES string of the molecule is O=C(O)C1C2CN(c3cccc(C(F)(F)F)c3)C(=O)C21. The zero-order valence-corrected chi connectivity index (χ0v) is 10.1. The summed E-state index contributed by atoms with van der Waals surface area (Å²) >= 11 is 0. The molecule has 0 aromatic heterocycles. The molecule has 2 aliphatic rings. The number of anilines is 1. The summed E-state index contributed by atoms with van der Waals surface area (Å²) in [5.41, 5.74) is -0.653. The first-order chi connectivity index (χ1) is 9.30. The van der Waals surface area contributed by atoms with Crippen LogP contribution in [0, 0.1) is 17.8 Å². The third-order valence-corrected chi connectivity index (χ3v) is 3.88. The minimum absolute atomic E-state index is 0.168. The third-order valence-electron chi connectivity index (χ3n) is 3.88. The standard InChI is InChI=1S/C13H10F3NO3/c14-13(15,16)6-2-1-3-7(4-6)17-5-8-9(11(17)18)10(8)12(19)20/h1-4,8-10H,5H2,(H,19,20). The second-order valence-electron chi connectivity index (χ2n) is 5.05. The molecule has 20 heavy (non-hydrogen) atoms. The second kappa shape index (κ2) is 3.97. The molecular formula is C13H10F3NO3. The van der Waals surface area contributed by atoms with Crippen molar-refractivity contribution >= 4 is 17.6 Å². The molecule has 1 saturated heterocycles. The Labute approximate surface area is 111 Å². The molecule has 3 rings (SSSR count). The highest BCUT2D eigenvalue weighted by Crippen LogP contribution is 2.53. The average Bonchev–Trinajstić information content (AvgIpc) is 3.00. The van der Waals surface area contributed by atoms with Gasteiger partial charge in [-0.15, -0.1) is 0 Å². The van der Waals surface area contributed by atoms with Gasteiger partial charge >= 0.3 is 12.1 Å². The maximum absolute atomic E-state index is 12.6. The quantitative estimate of drug-likeness (QED) is 0.904. The molecule has 3 atom stereocenters. The number of halogens is 3. The lowest BCUT2D eigenvalue weighted by Gasteiger charge is -2.20. The molecule has 1 heterocycles. The molecule has 1 saturated carbocycles. The number of rotatable bonds is 2. The highest BCUT2D eigenvalue weighted by molar-refractivity contribution is 6.04. The molecule has 106 valence electrons. The lowest BCUT2D eigenvalue weighted by atomic mass is 10.1. The van der Waals surface area contributed by atoms with Gasteiger partial charge in [-0.25, -0.2) is 0 Å². The van der Waals surface area contributed by atoms with Gasteiger partial charge in [0.15, 0.2) is 0 Å². The lowest BCUT2D eigenvalue weighted by molar-refractivity contribution is -0.140. The molecule has 1 N–H and O–H groups in total. The van der Waals surface area contributed by atoms with Gasteiger partial charge in [0.25, 0.3) is 0 Å². The van der Waals surface area contributed by atoms with Gasteiger partial charge in [-0.2, -0.15) is 13.2 Å². The first kappa shape index (κ1) is 13.0. The number of carboxylic acid groups (broad SMARTS) is 1. The molecule has 7 heteroatoms. The van der Waals surface area contributed by atoms with E-state index in [2.05, 4.69) is 0 Å². The summed E-state index contributed by atoms with van der Waals surface area (Å²) in [5, 5.41) is 8.86. The number of piperidine rings is 1. The van der Waals surface area contributed by atoms with Crippen LogP contribution in [0.1, 0.15) is 5.56 Å². The molecular weight excluding hydrogens is 275 g/mol. The van der Waals surface area contributed by atoms with E-state index in [4.69, 9.17) is 5.11 Å². The van der Waals surface area contributed by atoms with Crippen LogP contribution in [0.5, 0.6) is 0 Å². The second-order valence-corrected chi connectivity index (χ2v) is 5.05. The number of fused-ring (bicyclic) bond motifs is 1. The molecule has 0 bridgehead atoms. The summed E-state index contributed by atoms with van der Waals surface area (Å²) in [5.74, 6) is -2.96. The smallest absolute Gasteiger partial charge is 0.416 e. The van der Waals surface area contributed by atoms with Crippen molar-refractivity contribution in [2.24, 2.45) is 17.8 Å². The highest BCUT2D eigenvalue weighted by atomic mass is 19.4. The van der Waals surface area contributed by atoms with E-state index in [1.54, 1.807) is 0 Å². The van der Waals surface area contributed by atoms with Crippen LogP contribution >= 0.6 is 0 Å². The van der Waals surface area contributed by atoms with Crippen LogP contribution in [0.25, 0.3) is 0 Å². The van der Waals surface area contributed by atoms with E-state index in [1.165, 1.54) is 17.0 Å². The molecule has 1 aliphatic heterocycles. The lowest BCUT2D eigenvalue weighted by Crippen LogP contribution is -2.31. The van der Waals surface area contributed by atoms with Crippen LogP contribution in [-0.4, -0.2) is 23.5 Å². The minimum Gasteiger partial charge on any atom is -0.481 e. The zero-order valence-electron chi connectivity index (χ0n) is 10.1. The number of amides is 1. The Balaban J connectivity index is 1.83. The average molecular weight is 285 g/mol. The number of carbonyl (C=O) groups is 2. The number of aliphatic carboxylic acids is 1. The maximum atomic E-state index is 12.6. The van der Waals surface area contributed by atoms with Crippen LogP contribution in [-0.2, 0) is 15.8 Å². The number of benzene rings is 1. The Kier molecular flexibility index (Phi) is 2.57. The number of alkyl halides is 3. The predicted octanol–water partition coefficient (Wildman–Crippen LogP) is 2.00. The van der Waals surface area contributed by atoms with Crippen molar-refractivity contribution in [3.63, 3.8) is 0 Å². The van der Waals surface area contributed by atoms with E-state index in [-0.39, 0.29) is 18.2 Å². The number of hydrogen-bond acceptors (Lipinski definition) is 2. The van der Waals surface area contributed by atoms with Crippen LogP contribution < -0.4 is 4.90 Å². The van der Waals surface area contributed by atoms with Crippen molar-refractivity contribution in [2.75, 3.05) is 11.4 Å². The van der Waals surface area contributed by atoms with E-state index in [0.717, 1.165) is 12.1 Å². The Morgan fingerprint density at radius 2 is 2.05 bits per heavy atom. The molecule has 2 fully saturated rings. The van der Waals surface area contributed by atoms with Gasteiger partial charge in [-0.1, -0.05) is 6.07 Å². The van der Waals surface area contributed by atoms with Crippen LogP contribution in [0.3, 0.4) is 0 Å². The van der Waals surface area contributed by atoms with Gasteiger partial charge in [0.2, 0.25) is 5.91 Å². The molecule has 4 nitrogen and oxygen atoms in total. The van der Waals surface area contributed by atoms with Gasteiger partial charge in [0.05, 0.1) is 17.4 Å². The summed E-state index contributed by atoms with van der Waals surface area (Å²) < 4.78 is 37.9. The Bertz CT molecular complexity index is 599. The van der Waals surface area contributed by atoms with E-state index < -0.39 is 35.5 Å². The normalized spacial score (nSPS) is 28.4.